The molecule has 1 aliphatic heterocycles. The Labute approximate surface area is 192 Å². The molecule has 0 saturated carbocycles. The first-order valence-electron chi connectivity index (χ1n) is 11.1. The number of benzene rings is 2. The lowest BCUT2D eigenvalue weighted by atomic mass is 10.1. The number of aromatic nitrogens is 3. The van der Waals surface area contributed by atoms with Gasteiger partial charge in [-0.05, 0) is 49.0 Å². The van der Waals surface area contributed by atoms with Gasteiger partial charge >= 0.3 is 0 Å². The molecule has 0 bridgehead atoms. The van der Waals surface area contributed by atoms with Crippen LogP contribution < -0.4 is 16.0 Å². The van der Waals surface area contributed by atoms with E-state index in [9.17, 15) is 4.79 Å². The fourth-order valence-corrected chi connectivity index (χ4v) is 4.14. The molecule has 1 fully saturated rings. The Morgan fingerprint density at radius 2 is 1.76 bits per heavy atom. The Morgan fingerprint density at radius 3 is 2.55 bits per heavy atom. The lowest BCUT2D eigenvalue weighted by Gasteiger charge is -2.34. The topological polar surface area (TPSA) is 91.8 Å². The number of anilines is 2. The molecule has 2 aromatic carbocycles. The number of carbonyl (C=O) groups excluding carboxylic acids is 1. The first-order valence-corrected chi connectivity index (χ1v) is 11.1. The van der Waals surface area contributed by atoms with Crippen molar-refractivity contribution in [3.05, 3.63) is 77.9 Å². The minimum Gasteiger partial charge on any atom is -0.369 e. The maximum atomic E-state index is 12.7. The molecule has 8 heteroatoms. The number of hydrogen-bond acceptors (Lipinski definition) is 6. The van der Waals surface area contributed by atoms with Crippen molar-refractivity contribution in [1.29, 1.82) is 0 Å². The quantitative estimate of drug-likeness (QED) is 0.495. The number of rotatable bonds is 5. The van der Waals surface area contributed by atoms with Crippen molar-refractivity contribution in [2.75, 3.05) is 43.9 Å². The number of nitrogens with zero attached hydrogens (tertiary/aromatic N) is 5. The van der Waals surface area contributed by atoms with Gasteiger partial charge in [-0.1, -0.05) is 30.3 Å². The highest BCUT2D eigenvalue weighted by molar-refractivity contribution is 5.94. The highest BCUT2D eigenvalue weighted by Crippen LogP contribution is 2.21. The van der Waals surface area contributed by atoms with E-state index < -0.39 is 0 Å². The summed E-state index contributed by atoms with van der Waals surface area (Å²) in [6, 6.07) is 21.6. The van der Waals surface area contributed by atoms with Crippen LogP contribution in [0.25, 0.3) is 16.9 Å². The van der Waals surface area contributed by atoms with Crippen molar-refractivity contribution in [3.8, 4) is 11.3 Å². The van der Waals surface area contributed by atoms with Crippen molar-refractivity contribution in [2.24, 2.45) is 0 Å². The molecule has 0 radical (unpaired) electrons. The Balaban J connectivity index is 1.25. The third kappa shape index (κ3) is 4.51. The van der Waals surface area contributed by atoms with E-state index in [1.165, 1.54) is 5.69 Å². The average Bonchev–Trinajstić information content (AvgIpc) is 3.23. The molecule has 1 saturated heterocycles. The lowest BCUT2D eigenvalue weighted by Crippen LogP contribution is -2.44. The van der Waals surface area contributed by atoms with Crippen LogP contribution in [0, 0.1) is 0 Å². The summed E-state index contributed by atoms with van der Waals surface area (Å²) in [4.78, 5) is 21.7. The summed E-state index contributed by atoms with van der Waals surface area (Å²) in [5.74, 6) is 0.130. The fourth-order valence-electron chi connectivity index (χ4n) is 4.14. The molecule has 5 rings (SSSR count). The molecule has 4 aromatic rings. The standard InChI is InChI=1S/C25H27N7O/c1-30-12-14-31(15-13-30)21-5-2-4-18(16-21)17-27-24(33)20-10-8-19(9-11-20)22-6-3-7-23-28-25(26)29-32(22)23/h2-11,16H,12-15,17H2,1H3,(H2,26,29)(H,27,33). The van der Waals surface area contributed by atoms with Crippen LogP contribution >= 0.6 is 0 Å². The number of pyridine rings is 1. The molecule has 0 spiro atoms. The second-order valence-corrected chi connectivity index (χ2v) is 8.37. The van der Waals surface area contributed by atoms with E-state index in [4.69, 9.17) is 5.73 Å². The van der Waals surface area contributed by atoms with Gasteiger partial charge in [0.1, 0.15) is 0 Å². The number of amides is 1. The zero-order valence-electron chi connectivity index (χ0n) is 18.6. The van der Waals surface area contributed by atoms with Gasteiger partial charge in [0, 0.05) is 49.5 Å². The van der Waals surface area contributed by atoms with Gasteiger partial charge in [-0.3, -0.25) is 4.79 Å². The van der Waals surface area contributed by atoms with Gasteiger partial charge in [-0.2, -0.15) is 4.98 Å². The molecule has 3 heterocycles. The zero-order valence-corrected chi connectivity index (χ0v) is 18.6. The number of hydrogen-bond donors (Lipinski definition) is 2. The minimum absolute atomic E-state index is 0.102. The Morgan fingerprint density at radius 1 is 1.00 bits per heavy atom. The third-order valence-electron chi connectivity index (χ3n) is 6.05. The van der Waals surface area contributed by atoms with E-state index in [1.54, 1.807) is 4.52 Å². The SMILES string of the molecule is CN1CCN(c2cccc(CNC(=O)c3ccc(-c4cccc5nc(N)nn45)cc3)c2)CC1. The molecule has 0 aliphatic carbocycles. The average molecular weight is 442 g/mol. The number of piperazine rings is 1. The van der Waals surface area contributed by atoms with Crippen molar-refractivity contribution in [1.82, 2.24) is 24.8 Å². The van der Waals surface area contributed by atoms with Gasteiger partial charge in [0.25, 0.3) is 5.91 Å². The van der Waals surface area contributed by atoms with Crippen molar-refractivity contribution in [3.63, 3.8) is 0 Å². The summed E-state index contributed by atoms with van der Waals surface area (Å²) >= 11 is 0. The van der Waals surface area contributed by atoms with Gasteiger partial charge in [-0.15, -0.1) is 5.10 Å². The van der Waals surface area contributed by atoms with Crippen LogP contribution in [0.5, 0.6) is 0 Å². The Bertz CT molecular complexity index is 1270. The monoisotopic (exact) mass is 441 g/mol. The van der Waals surface area contributed by atoms with E-state index >= 15 is 0 Å². The third-order valence-corrected chi connectivity index (χ3v) is 6.05. The number of nitrogens with two attached hydrogens (primary N) is 1. The molecule has 0 atom stereocenters. The van der Waals surface area contributed by atoms with Crippen molar-refractivity contribution < 1.29 is 4.79 Å². The predicted molar refractivity (Wildman–Crippen MR) is 130 cm³/mol. The van der Waals surface area contributed by atoms with Gasteiger partial charge in [0.15, 0.2) is 5.65 Å². The van der Waals surface area contributed by atoms with E-state index in [0.29, 0.717) is 17.8 Å². The van der Waals surface area contributed by atoms with Crippen LogP contribution in [-0.2, 0) is 6.54 Å². The molecule has 1 aliphatic rings. The van der Waals surface area contributed by atoms with E-state index in [1.807, 2.05) is 48.5 Å². The molecule has 168 valence electrons. The molecule has 8 nitrogen and oxygen atoms in total. The van der Waals surface area contributed by atoms with E-state index in [-0.39, 0.29) is 11.9 Å². The van der Waals surface area contributed by atoms with Crippen LogP contribution in [0.1, 0.15) is 15.9 Å². The number of fused-ring (bicyclic) bond motifs is 1. The normalized spacial score (nSPS) is 14.5. The van der Waals surface area contributed by atoms with Crippen LogP contribution in [-0.4, -0.2) is 58.6 Å². The van der Waals surface area contributed by atoms with Gasteiger partial charge < -0.3 is 20.9 Å². The fraction of sp³-hybridized carbons (Fsp3) is 0.240. The largest absolute Gasteiger partial charge is 0.369 e. The number of likely N-dealkylation sites (N-methyl/N-ethyl adjacent to an activating group) is 1. The Kier molecular flexibility index (Phi) is 5.66. The Hall–Kier alpha value is -3.91. The number of carbonyl (C=O) groups is 1. The van der Waals surface area contributed by atoms with E-state index in [0.717, 1.165) is 43.0 Å². The molecule has 2 aromatic heterocycles. The smallest absolute Gasteiger partial charge is 0.251 e. The highest BCUT2D eigenvalue weighted by Gasteiger charge is 2.15. The summed E-state index contributed by atoms with van der Waals surface area (Å²) in [7, 11) is 2.15. The summed E-state index contributed by atoms with van der Waals surface area (Å²) in [6.07, 6.45) is 0. The van der Waals surface area contributed by atoms with Gasteiger partial charge in [0.2, 0.25) is 5.95 Å². The summed E-state index contributed by atoms with van der Waals surface area (Å²) < 4.78 is 1.71. The number of nitrogens with one attached hydrogen (secondary N) is 1. The molecular weight excluding hydrogens is 414 g/mol. The second-order valence-electron chi connectivity index (χ2n) is 8.37. The molecule has 33 heavy (non-hydrogen) atoms. The highest BCUT2D eigenvalue weighted by atomic mass is 16.1. The van der Waals surface area contributed by atoms with Crippen LogP contribution in [0.2, 0.25) is 0 Å². The van der Waals surface area contributed by atoms with Gasteiger partial charge in [0.05, 0.1) is 5.69 Å². The van der Waals surface area contributed by atoms with Gasteiger partial charge in [-0.25, -0.2) is 4.52 Å². The number of nitrogen functional groups attached to an aromatic ring is 1. The van der Waals surface area contributed by atoms with Crippen LogP contribution in [0.15, 0.2) is 66.7 Å². The maximum Gasteiger partial charge on any atom is 0.251 e. The lowest BCUT2D eigenvalue weighted by molar-refractivity contribution is 0.0951. The molecule has 3 N–H and O–H groups in total. The molecular formula is C25H27N7O. The minimum atomic E-state index is -0.102. The summed E-state index contributed by atoms with van der Waals surface area (Å²) in [5.41, 5.74) is 11.1. The van der Waals surface area contributed by atoms with Crippen LogP contribution in [0.4, 0.5) is 11.6 Å². The second kappa shape index (κ2) is 8.91. The molecule has 1 amide bonds. The zero-order chi connectivity index (χ0) is 22.8. The van der Waals surface area contributed by atoms with Crippen molar-refractivity contribution >= 4 is 23.2 Å². The van der Waals surface area contributed by atoms with Crippen LogP contribution in [0.3, 0.4) is 0 Å². The first-order chi connectivity index (χ1) is 16.1. The summed E-state index contributed by atoms with van der Waals surface area (Å²) in [5, 5.41) is 7.29. The van der Waals surface area contributed by atoms with E-state index in [2.05, 4.69) is 50.4 Å². The molecule has 0 unspecified atom stereocenters. The predicted octanol–water partition coefficient (Wildman–Crippen LogP) is 2.66. The summed E-state index contributed by atoms with van der Waals surface area (Å²) in [6.45, 7) is 4.66. The van der Waals surface area contributed by atoms with Crippen molar-refractivity contribution in [2.45, 2.75) is 6.54 Å². The maximum absolute atomic E-state index is 12.7. The first kappa shape index (κ1) is 21.0.